The van der Waals surface area contributed by atoms with E-state index >= 15 is 0 Å². The zero-order valence-corrected chi connectivity index (χ0v) is 18.4. The van der Waals surface area contributed by atoms with Crippen molar-refractivity contribution in [3.8, 4) is 0 Å². The number of hydrogen-bond acceptors (Lipinski definition) is 2. The summed E-state index contributed by atoms with van der Waals surface area (Å²) in [6.45, 7) is 9.05. The van der Waals surface area contributed by atoms with Gasteiger partial charge in [0.15, 0.2) is 0 Å². The van der Waals surface area contributed by atoms with Crippen LogP contribution in [0.15, 0.2) is 41.4 Å². The van der Waals surface area contributed by atoms with Crippen molar-refractivity contribution in [2.45, 2.75) is 70.5 Å². The number of nitrogens with zero attached hydrogens (tertiary/aromatic N) is 1. The van der Waals surface area contributed by atoms with Crippen LogP contribution in [0, 0.1) is 46.8 Å². The van der Waals surface area contributed by atoms with E-state index in [-0.39, 0.29) is 11.7 Å². The minimum absolute atomic E-state index is 0.0396. The lowest BCUT2D eigenvalue weighted by atomic mass is 9.46. The van der Waals surface area contributed by atoms with Crippen LogP contribution >= 0.6 is 0 Å². The van der Waals surface area contributed by atoms with Crippen LogP contribution in [0.3, 0.4) is 0 Å². The molecule has 29 heavy (non-hydrogen) atoms. The average molecular weight is 392 g/mol. The summed E-state index contributed by atoms with van der Waals surface area (Å²) >= 11 is 0. The number of ether oxygens (including phenoxy) is 1. The molecule has 5 aliphatic carbocycles. The lowest BCUT2D eigenvalue weighted by molar-refractivity contribution is -0.162. The Kier molecular flexibility index (Phi) is 3.97. The first-order valence-corrected chi connectivity index (χ1v) is 12.2. The van der Waals surface area contributed by atoms with Gasteiger partial charge in [0, 0.05) is 18.2 Å². The van der Waals surface area contributed by atoms with E-state index < -0.39 is 0 Å². The summed E-state index contributed by atoms with van der Waals surface area (Å²) in [5.74, 6) is 5.59. The number of rotatable bonds is 2. The van der Waals surface area contributed by atoms with Gasteiger partial charge in [-0.3, -0.25) is 4.99 Å². The molecule has 10 atom stereocenters. The largest absolute Gasteiger partial charge is 0.363 e. The highest BCUT2D eigenvalue weighted by Gasteiger charge is 2.78. The first kappa shape index (κ1) is 18.6. The second kappa shape index (κ2) is 6.19. The third kappa shape index (κ3) is 2.20. The van der Waals surface area contributed by atoms with Gasteiger partial charge >= 0.3 is 0 Å². The Morgan fingerprint density at radius 3 is 2.86 bits per heavy atom. The van der Waals surface area contributed by atoms with Crippen LogP contribution in [0.1, 0.15) is 58.8 Å². The number of allylic oxidation sites excluding steroid dienone is 3. The Bertz CT molecular complexity index is 822. The van der Waals surface area contributed by atoms with Gasteiger partial charge in [-0.05, 0) is 99.4 Å². The van der Waals surface area contributed by atoms with E-state index in [1.807, 2.05) is 7.05 Å². The zero-order valence-electron chi connectivity index (χ0n) is 18.4. The SMILES string of the molecule is C=CC1CC2=CC(=NC)CCC2C2CCC3(CC)C(C4CC4C34C=CC(C)O4)C12. The normalized spacial score (nSPS) is 55.8. The maximum atomic E-state index is 6.85. The van der Waals surface area contributed by atoms with E-state index in [1.54, 1.807) is 5.57 Å². The van der Waals surface area contributed by atoms with Gasteiger partial charge in [0.05, 0.1) is 11.7 Å². The number of hydrogen-bond donors (Lipinski definition) is 0. The predicted molar refractivity (Wildman–Crippen MR) is 119 cm³/mol. The molecule has 6 rings (SSSR count). The monoisotopic (exact) mass is 391 g/mol. The molecule has 1 heterocycles. The molecule has 156 valence electrons. The Morgan fingerprint density at radius 2 is 2.17 bits per heavy atom. The smallest absolute Gasteiger partial charge is 0.0960 e. The van der Waals surface area contributed by atoms with E-state index in [4.69, 9.17) is 4.74 Å². The van der Waals surface area contributed by atoms with Gasteiger partial charge in [0.25, 0.3) is 0 Å². The second-order valence-electron chi connectivity index (χ2n) is 11.0. The minimum Gasteiger partial charge on any atom is -0.363 e. The lowest BCUT2D eigenvalue weighted by Gasteiger charge is -2.60. The molecule has 0 aromatic heterocycles. The molecule has 1 aliphatic heterocycles. The zero-order chi connectivity index (χ0) is 20.0. The maximum absolute atomic E-state index is 6.85. The molecule has 2 heteroatoms. The van der Waals surface area contributed by atoms with Gasteiger partial charge in [-0.2, -0.15) is 0 Å². The summed E-state index contributed by atoms with van der Waals surface area (Å²) in [6.07, 6.45) is 19.1. The van der Waals surface area contributed by atoms with Gasteiger partial charge in [0.1, 0.15) is 0 Å². The number of aliphatic imine (C=N–C) groups is 1. The molecular weight excluding hydrogens is 354 g/mol. The summed E-state index contributed by atoms with van der Waals surface area (Å²) in [7, 11) is 1.96. The molecule has 1 spiro atoms. The Hall–Kier alpha value is -1.15. The van der Waals surface area contributed by atoms with Crippen molar-refractivity contribution in [3.63, 3.8) is 0 Å². The molecule has 0 aromatic rings. The van der Waals surface area contributed by atoms with Gasteiger partial charge in [0.2, 0.25) is 0 Å². The van der Waals surface area contributed by atoms with Crippen LogP contribution in [-0.4, -0.2) is 24.5 Å². The van der Waals surface area contributed by atoms with Gasteiger partial charge < -0.3 is 4.74 Å². The second-order valence-corrected chi connectivity index (χ2v) is 11.0. The van der Waals surface area contributed by atoms with Crippen molar-refractivity contribution in [2.75, 3.05) is 7.05 Å². The fourth-order valence-corrected chi connectivity index (χ4v) is 9.35. The molecule has 4 saturated carbocycles. The molecule has 2 nitrogen and oxygen atoms in total. The molecule has 0 amide bonds. The molecule has 4 fully saturated rings. The average Bonchev–Trinajstić information content (AvgIpc) is 3.40. The standard InChI is InChI=1S/C27H37NO/c1-5-17-13-18-14-19(28-4)7-8-20(18)21-10-11-26(6-2)25(24(17)21)22-15-23(22)27(26)12-9-16(3)29-27/h5,9,12,14,16-17,20-25H,1,6-8,10-11,13,15H2,2-4H3. The third-order valence-corrected chi connectivity index (χ3v) is 10.3. The molecule has 0 saturated heterocycles. The summed E-state index contributed by atoms with van der Waals surface area (Å²) in [5, 5.41) is 0. The van der Waals surface area contributed by atoms with Gasteiger partial charge in [-0.1, -0.05) is 30.7 Å². The van der Waals surface area contributed by atoms with Gasteiger partial charge in [-0.25, -0.2) is 0 Å². The minimum atomic E-state index is 0.0396. The van der Waals surface area contributed by atoms with Crippen LogP contribution in [0.5, 0.6) is 0 Å². The van der Waals surface area contributed by atoms with Crippen LogP contribution in [0.4, 0.5) is 0 Å². The van der Waals surface area contributed by atoms with Crippen molar-refractivity contribution in [2.24, 2.45) is 51.8 Å². The predicted octanol–water partition coefficient (Wildman–Crippen LogP) is 6.00. The van der Waals surface area contributed by atoms with Crippen LogP contribution in [0.2, 0.25) is 0 Å². The van der Waals surface area contributed by atoms with E-state index in [2.05, 4.69) is 49.7 Å². The fraction of sp³-hybridized carbons (Fsp3) is 0.741. The molecule has 0 radical (unpaired) electrons. The molecule has 10 unspecified atom stereocenters. The number of fused-ring (bicyclic) bond motifs is 9. The Labute approximate surface area is 176 Å². The van der Waals surface area contributed by atoms with E-state index in [1.165, 1.54) is 50.7 Å². The van der Waals surface area contributed by atoms with Crippen molar-refractivity contribution >= 4 is 5.71 Å². The lowest BCUT2D eigenvalue weighted by Crippen LogP contribution is -2.57. The highest BCUT2D eigenvalue weighted by molar-refractivity contribution is 5.96. The van der Waals surface area contributed by atoms with Crippen molar-refractivity contribution in [1.82, 2.24) is 0 Å². The topological polar surface area (TPSA) is 21.6 Å². The molecule has 0 aromatic carbocycles. The highest BCUT2D eigenvalue weighted by atomic mass is 16.5. The molecule has 6 aliphatic rings. The van der Waals surface area contributed by atoms with E-state index in [0.717, 1.165) is 35.5 Å². The third-order valence-electron chi connectivity index (χ3n) is 10.3. The molecule has 0 N–H and O–H groups in total. The van der Waals surface area contributed by atoms with Crippen molar-refractivity contribution in [3.05, 3.63) is 36.5 Å². The highest BCUT2D eigenvalue weighted by Crippen LogP contribution is 2.79. The quantitative estimate of drug-likeness (QED) is 0.529. The molecular formula is C27H37NO. The first-order valence-electron chi connectivity index (χ1n) is 12.2. The van der Waals surface area contributed by atoms with Crippen LogP contribution in [-0.2, 0) is 4.74 Å². The van der Waals surface area contributed by atoms with Crippen LogP contribution < -0.4 is 0 Å². The van der Waals surface area contributed by atoms with Gasteiger partial charge in [-0.15, -0.1) is 6.58 Å². The van der Waals surface area contributed by atoms with Crippen LogP contribution in [0.25, 0.3) is 0 Å². The maximum Gasteiger partial charge on any atom is 0.0960 e. The van der Waals surface area contributed by atoms with Crippen molar-refractivity contribution in [1.29, 1.82) is 0 Å². The summed E-state index contributed by atoms with van der Waals surface area (Å²) < 4.78 is 6.85. The summed E-state index contributed by atoms with van der Waals surface area (Å²) in [4.78, 5) is 4.54. The first-order chi connectivity index (χ1) is 14.1. The summed E-state index contributed by atoms with van der Waals surface area (Å²) in [5.41, 5.74) is 3.41. The van der Waals surface area contributed by atoms with E-state index in [0.29, 0.717) is 11.3 Å². The van der Waals surface area contributed by atoms with Crippen molar-refractivity contribution < 1.29 is 4.74 Å². The Morgan fingerprint density at radius 1 is 1.31 bits per heavy atom. The Balaban J connectivity index is 1.43. The summed E-state index contributed by atoms with van der Waals surface area (Å²) in [6, 6.07) is 0. The van der Waals surface area contributed by atoms with E-state index in [9.17, 15) is 0 Å². The molecule has 0 bridgehead atoms. The fourth-order valence-electron chi connectivity index (χ4n) is 9.35.